The zero-order chi connectivity index (χ0) is 21.3. The second-order valence-electron chi connectivity index (χ2n) is 7.96. The summed E-state index contributed by atoms with van der Waals surface area (Å²) in [6.07, 6.45) is 2.41. The van der Waals surface area contributed by atoms with Crippen LogP contribution in [0.2, 0.25) is 12.6 Å². The quantitative estimate of drug-likeness (QED) is 0.373. The fraction of sp³-hybridized carbons (Fsp3) is 0.462. The molecule has 2 nitrogen and oxygen atoms in total. The Labute approximate surface area is 180 Å². The Morgan fingerprint density at radius 3 is 1.72 bits per heavy atom. The van der Waals surface area contributed by atoms with Crippen molar-refractivity contribution in [3.63, 3.8) is 0 Å². The molecule has 0 unspecified atom stereocenters. The van der Waals surface area contributed by atoms with Gasteiger partial charge in [0.15, 0.2) is 0 Å². The van der Waals surface area contributed by atoms with Crippen LogP contribution >= 0.6 is 0 Å². The average molecular weight is 409 g/mol. The number of nitrogens with zero attached hydrogens (tertiary/aromatic N) is 2. The molecule has 0 heterocycles. The Kier molecular flexibility index (Phi) is 9.35. The summed E-state index contributed by atoms with van der Waals surface area (Å²) >= 11 is 0. The molecule has 0 spiro atoms. The first-order chi connectivity index (χ1) is 14.0. The molecule has 0 atom stereocenters. The van der Waals surface area contributed by atoms with Crippen molar-refractivity contribution >= 4 is 14.0 Å². The van der Waals surface area contributed by atoms with Gasteiger partial charge in [-0.1, -0.05) is 88.9 Å². The lowest BCUT2D eigenvalue weighted by Gasteiger charge is -2.46. The molecule has 0 bridgehead atoms. The summed E-state index contributed by atoms with van der Waals surface area (Å²) in [4.78, 5) is 0. The van der Waals surface area contributed by atoms with E-state index in [-0.39, 0.29) is 0 Å². The van der Waals surface area contributed by atoms with Crippen molar-refractivity contribution in [3.8, 4) is 0 Å². The molecule has 0 radical (unpaired) electrons. The van der Waals surface area contributed by atoms with Gasteiger partial charge in [-0.2, -0.15) is 0 Å². The Balaban J connectivity index is 2.02. The summed E-state index contributed by atoms with van der Waals surface area (Å²) in [7, 11) is -1.58. The maximum Gasteiger partial charge on any atom is 0.203 e. The molecule has 0 N–H and O–H groups in total. The van der Waals surface area contributed by atoms with Crippen LogP contribution in [0, 0.1) is 0 Å². The van der Waals surface area contributed by atoms with E-state index in [0.717, 1.165) is 38.2 Å². The van der Waals surface area contributed by atoms with Crippen LogP contribution in [-0.4, -0.2) is 43.7 Å². The zero-order valence-corrected chi connectivity index (χ0v) is 20.2. The fourth-order valence-corrected chi connectivity index (χ4v) is 9.24. The highest BCUT2D eigenvalue weighted by atomic mass is 28.3. The summed E-state index contributed by atoms with van der Waals surface area (Å²) in [5, 5.41) is 0. The van der Waals surface area contributed by atoms with Crippen LogP contribution in [0.3, 0.4) is 0 Å². The van der Waals surface area contributed by atoms with E-state index in [1.807, 2.05) is 6.07 Å². The Morgan fingerprint density at radius 1 is 0.759 bits per heavy atom. The molecular weight excluding hydrogens is 368 g/mol. The molecule has 2 aromatic carbocycles. The topological polar surface area (TPSA) is 6.48 Å². The average Bonchev–Trinajstić information content (AvgIpc) is 2.76. The van der Waals surface area contributed by atoms with Crippen molar-refractivity contribution in [2.45, 2.75) is 53.1 Å². The maximum atomic E-state index is 4.29. The molecule has 0 saturated carbocycles. The molecule has 0 aliphatic rings. The third kappa shape index (κ3) is 5.91. The first kappa shape index (κ1) is 23.6. The summed E-state index contributed by atoms with van der Waals surface area (Å²) in [5.74, 6) is 0. The fourth-order valence-electron chi connectivity index (χ4n) is 4.63. The second-order valence-corrected chi connectivity index (χ2v) is 12.2. The van der Waals surface area contributed by atoms with Gasteiger partial charge < -0.3 is 9.13 Å². The van der Waals surface area contributed by atoms with Crippen LogP contribution in [0.15, 0.2) is 61.2 Å². The second kappa shape index (κ2) is 11.5. The van der Waals surface area contributed by atoms with Gasteiger partial charge >= 0.3 is 0 Å². The van der Waals surface area contributed by atoms with Gasteiger partial charge in [0.2, 0.25) is 8.40 Å². The molecule has 0 fully saturated rings. The number of aryl methyl sites for hydroxylation is 1. The van der Waals surface area contributed by atoms with Gasteiger partial charge in [-0.05, 0) is 73.9 Å². The lowest BCUT2D eigenvalue weighted by atomic mass is 9.98. The van der Waals surface area contributed by atoms with E-state index in [1.54, 1.807) is 0 Å². The minimum Gasteiger partial charge on any atom is -0.312 e. The molecular formula is C26H40N2Si. The lowest BCUT2D eigenvalue weighted by Crippen LogP contribution is -2.63. The molecule has 2 rings (SSSR count). The van der Waals surface area contributed by atoms with Crippen molar-refractivity contribution in [2.75, 3.05) is 26.2 Å². The van der Waals surface area contributed by atoms with Gasteiger partial charge in [0.1, 0.15) is 0 Å². The minimum atomic E-state index is -1.58. The summed E-state index contributed by atoms with van der Waals surface area (Å²) in [6.45, 7) is 20.8. The molecule has 2 aromatic rings. The third-order valence-electron chi connectivity index (χ3n) is 6.43. The predicted molar refractivity (Wildman–Crippen MR) is 132 cm³/mol. The Hall–Kier alpha value is -1.68. The van der Waals surface area contributed by atoms with Crippen molar-refractivity contribution in [1.82, 2.24) is 9.13 Å². The van der Waals surface area contributed by atoms with Gasteiger partial charge in [0, 0.05) is 0 Å². The molecule has 0 aromatic heterocycles. The predicted octanol–water partition coefficient (Wildman–Crippen LogP) is 6.44. The number of hydrogen-bond donors (Lipinski definition) is 0. The van der Waals surface area contributed by atoms with Crippen molar-refractivity contribution < 1.29 is 0 Å². The van der Waals surface area contributed by atoms with Crippen molar-refractivity contribution in [1.29, 1.82) is 0 Å². The van der Waals surface area contributed by atoms with Gasteiger partial charge in [0.25, 0.3) is 0 Å². The summed E-state index contributed by atoms with van der Waals surface area (Å²) in [6, 6.07) is 20.8. The Bertz CT molecular complexity index is 719. The lowest BCUT2D eigenvalue weighted by molar-refractivity contribution is 0.352. The van der Waals surface area contributed by atoms with Crippen LogP contribution in [0.5, 0.6) is 0 Å². The van der Waals surface area contributed by atoms with Crippen LogP contribution in [0.1, 0.15) is 50.8 Å². The normalized spacial score (nSPS) is 12.0. The van der Waals surface area contributed by atoms with Crippen molar-refractivity contribution in [2.24, 2.45) is 0 Å². The van der Waals surface area contributed by atoms with Crippen LogP contribution in [-0.2, 0) is 6.42 Å². The van der Waals surface area contributed by atoms with Crippen LogP contribution < -0.4 is 0 Å². The smallest absolute Gasteiger partial charge is 0.203 e. The molecule has 158 valence electrons. The van der Waals surface area contributed by atoms with Gasteiger partial charge in [-0.15, -0.1) is 0 Å². The van der Waals surface area contributed by atoms with Gasteiger partial charge in [0.05, 0.1) is 0 Å². The van der Waals surface area contributed by atoms with E-state index < -0.39 is 8.40 Å². The molecule has 0 amide bonds. The van der Waals surface area contributed by atoms with Crippen LogP contribution in [0.25, 0.3) is 5.57 Å². The minimum absolute atomic E-state index is 1.10. The Morgan fingerprint density at radius 2 is 1.24 bits per heavy atom. The molecule has 3 heteroatoms. The standard InChI is InChI=1S/C26H40N2Si/c1-7-27(8-2)29(6,28(9-3)10-4)22-14-15-24-18-20-26(21-19-24)23(5)25-16-12-11-13-17-25/h11-13,16-21H,5,7-10,14-15,22H2,1-4,6H3. The van der Waals surface area contributed by atoms with E-state index in [0.29, 0.717) is 0 Å². The molecule has 0 aliphatic heterocycles. The number of benzene rings is 2. The SMILES string of the molecule is C=C(c1ccccc1)c1ccc(CCC[Si](C)(N(CC)CC)N(CC)CC)cc1. The molecule has 0 aliphatic carbocycles. The summed E-state index contributed by atoms with van der Waals surface area (Å²) < 4.78 is 5.51. The molecule has 29 heavy (non-hydrogen) atoms. The van der Waals surface area contributed by atoms with E-state index in [1.165, 1.54) is 29.2 Å². The highest BCUT2D eigenvalue weighted by molar-refractivity contribution is 6.73. The largest absolute Gasteiger partial charge is 0.312 e. The number of hydrogen-bond acceptors (Lipinski definition) is 2. The van der Waals surface area contributed by atoms with Crippen molar-refractivity contribution in [3.05, 3.63) is 77.9 Å². The monoisotopic (exact) mass is 408 g/mol. The third-order valence-corrected chi connectivity index (χ3v) is 11.7. The number of rotatable bonds is 12. The maximum absolute atomic E-state index is 4.29. The van der Waals surface area contributed by atoms with E-state index in [9.17, 15) is 0 Å². The highest BCUT2D eigenvalue weighted by Gasteiger charge is 2.37. The summed E-state index contributed by atoms with van der Waals surface area (Å²) in [5.41, 5.74) is 4.94. The first-order valence-corrected chi connectivity index (χ1v) is 13.9. The van der Waals surface area contributed by atoms with E-state index >= 15 is 0 Å². The van der Waals surface area contributed by atoms with E-state index in [4.69, 9.17) is 0 Å². The van der Waals surface area contributed by atoms with Crippen LogP contribution in [0.4, 0.5) is 0 Å². The highest BCUT2D eigenvalue weighted by Crippen LogP contribution is 2.25. The van der Waals surface area contributed by atoms with Gasteiger partial charge in [-0.25, -0.2) is 0 Å². The van der Waals surface area contributed by atoms with Gasteiger partial charge in [-0.3, -0.25) is 0 Å². The van der Waals surface area contributed by atoms with E-state index in [2.05, 4.69) is 98.5 Å². The molecule has 0 saturated heterocycles. The zero-order valence-electron chi connectivity index (χ0n) is 19.2. The first-order valence-electron chi connectivity index (χ1n) is 11.3.